The van der Waals surface area contributed by atoms with Crippen molar-refractivity contribution in [3.8, 4) is 0 Å². The second-order valence-electron chi connectivity index (χ2n) is 3.64. The Bertz CT molecular complexity index is 269. The summed E-state index contributed by atoms with van der Waals surface area (Å²) in [7, 11) is 0. The molecule has 0 radical (unpaired) electrons. The highest BCUT2D eigenvalue weighted by molar-refractivity contribution is 14.1. The first-order chi connectivity index (χ1) is 8.35. The molecule has 0 aromatic carbocycles. The summed E-state index contributed by atoms with van der Waals surface area (Å²) in [4.78, 5) is 19.2. The number of hydrogen-bond donors (Lipinski definition) is 4. The molecule has 4 N–H and O–H groups in total. The number of halogens is 1. The number of carboxylic acid groups (broad SMARTS) is 2. The second kappa shape index (κ2) is 12.1. The highest BCUT2D eigenvalue weighted by Crippen LogP contribution is 2.15. The average molecular weight is 388 g/mol. The van der Waals surface area contributed by atoms with Crippen molar-refractivity contribution in [3.63, 3.8) is 0 Å². The molecule has 0 aliphatic heterocycles. The maximum atomic E-state index is 9.60. The maximum absolute atomic E-state index is 9.60. The topological polar surface area (TPSA) is 115 Å². The van der Waals surface area contributed by atoms with Gasteiger partial charge in [-0.15, -0.1) is 0 Å². The van der Waals surface area contributed by atoms with Crippen LogP contribution in [0.3, 0.4) is 0 Å². The lowest BCUT2D eigenvalue weighted by Crippen LogP contribution is -2.16. The van der Waals surface area contributed by atoms with E-state index in [2.05, 4.69) is 13.2 Å². The lowest BCUT2D eigenvalue weighted by Gasteiger charge is -2.10. The van der Waals surface area contributed by atoms with Gasteiger partial charge in [0, 0.05) is 17.6 Å². The van der Waals surface area contributed by atoms with Crippen LogP contribution in [0.4, 0.5) is 0 Å². The molecule has 0 rings (SSSR count). The van der Waals surface area contributed by atoms with Crippen molar-refractivity contribution >= 4 is 34.5 Å². The third kappa shape index (κ3) is 31.6. The Morgan fingerprint density at radius 3 is 1.26 bits per heavy atom. The van der Waals surface area contributed by atoms with Gasteiger partial charge in [-0.05, 0) is 36.4 Å². The van der Waals surface area contributed by atoms with Gasteiger partial charge >= 0.3 is 11.9 Å². The first-order valence-electron chi connectivity index (χ1n) is 5.26. The van der Waals surface area contributed by atoms with Gasteiger partial charge in [-0.2, -0.15) is 0 Å². The summed E-state index contributed by atoms with van der Waals surface area (Å²) < 4.78 is -1.48. The number of rotatable bonds is 4. The minimum absolute atomic E-state index is 0.176. The number of aliphatic carboxylic acids is 2. The van der Waals surface area contributed by atoms with Crippen molar-refractivity contribution in [3.05, 3.63) is 24.3 Å². The van der Waals surface area contributed by atoms with Gasteiger partial charge in [0.15, 0.2) is 0 Å². The molecule has 0 heterocycles. The molecule has 0 saturated carbocycles. The van der Waals surface area contributed by atoms with E-state index in [4.69, 9.17) is 20.4 Å². The molecule has 112 valence electrons. The van der Waals surface area contributed by atoms with Gasteiger partial charge in [0.1, 0.15) is 0 Å². The molecule has 0 aromatic rings. The predicted octanol–water partition coefficient (Wildman–Crippen LogP) is 2.15. The maximum Gasteiger partial charge on any atom is 0.330 e. The predicted molar refractivity (Wildman–Crippen MR) is 81.0 cm³/mol. The summed E-state index contributed by atoms with van der Waals surface area (Å²) in [6.07, 6.45) is 1.24. The molecular formula is C12H21IO6. The molecule has 0 atom stereocenters. The van der Waals surface area contributed by atoms with E-state index >= 15 is 0 Å². The SMILES string of the molecule is C=C(C)C(=O)O.C=C(C)C(=O)O.CCCC(O)(O)I. The van der Waals surface area contributed by atoms with Gasteiger partial charge < -0.3 is 20.4 Å². The first-order valence-corrected chi connectivity index (χ1v) is 6.34. The zero-order chi connectivity index (χ0) is 16.2. The van der Waals surface area contributed by atoms with Crippen molar-refractivity contribution in [1.82, 2.24) is 0 Å². The van der Waals surface area contributed by atoms with Crippen LogP contribution in [0.5, 0.6) is 0 Å². The fourth-order valence-electron chi connectivity index (χ4n) is 0.318. The first kappa shape index (κ1) is 23.2. The third-order valence-electron chi connectivity index (χ3n) is 1.30. The Labute approximate surface area is 126 Å². The summed E-state index contributed by atoms with van der Waals surface area (Å²) in [5.74, 6) is -1.87. The van der Waals surface area contributed by atoms with Crippen LogP contribution < -0.4 is 0 Å². The van der Waals surface area contributed by atoms with Crippen molar-refractivity contribution in [2.24, 2.45) is 0 Å². The molecular weight excluding hydrogens is 367 g/mol. The molecule has 19 heavy (non-hydrogen) atoms. The molecule has 6 nitrogen and oxygen atoms in total. The van der Waals surface area contributed by atoms with Crippen LogP contribution in [0.1, 0.15) is 33.6 Å². The normalized spacial score (nSPS) is 9.16. The van der Waals surface area contributed by atoms with E-state index in [1.807, 2.05) is 6.92 Å². The molecule has 0 unspecified atom stereocenters. The van der Waals surface area contributed by atoms with E-state index in [0.29, 0.717) is 6.42 Å². The number of aliphatic hydroxyl groups is 2. The molecule has 0 bridgehead atoms. The summed E-state index contributed by atoms with van der Waals surface area (Å²) in [5.41, 5.74) is 0.352. The van der Waals surface area contributed by atoms with Crippen LogP contribution in [-0.4, -0.2) is 36.2 Å². The lowest BCUT2D eigenvalue weighted by molar-refractivity contribution is -0.133. The number of hydrogen-bond acceptors (Lipinski definition) is 4. The van der Waals surface area contributed by atoms with Gasteiger partial charge in [0.2, 0.25) is 3.79 Å². The van der Waals surface area contributed by atoms with E-state index in [9.17, 15) is 9.59 Å². The Balaban J connectivity index is -0.000000203. The standard InChI is InChI=1S/C4H9IO2.2C4H6O2/c1-2-3-4(5,6)7;2*1-3(2)4(5)6/h6-7H,2-3H2,1H3;2*1H2,2H3,(H,5,6). The highest BCUT2D eigenvalue weighted by atomic mass is 127. The quantitative estimate of drug-likeness (QED) is 0.254. The van der Waals surface area contributed by atoms with Crippen LogP contribution in [0.2, 0.25) is 0 Å². The molecule has 0 aliphatic carbocycles. The zero-order valence-electron chi connectivity index (χ0n) is 11.3. The van der Waals surface area contributed by atoms with E-state index in [-0.39, 0.29) is 11.1 Å². The molecule has 0 spiro atoms. The molecule has 7 heteroatoms. The number of alkyl halides is 1. The fraction of sp³-hybridized carbons (Fsp3) is 0.500. The van der Waals surface area contributed by atoms with Crippen molar-refractivity contribution in [2.75, 3.05) is 0 Å². The van der Waals surface area contributed by atoms with Gasteiger partial charge in [0.25, 0.3) is 0 Å². The fourth-order valence-corrected chi connectivity index (χ4v) is 0.857. The van der Waals surface area contributed by atoms with E-state index in [1.54, 1.807) is 22.6 Å². The number of carbonyl (C=O) groups is 2. The zero-order valence-corrected chi connectivity index (χ0v) is 13.5. The lowest BCUT2D eigenvalue weighted by atomic mass is 10.3. The Hall–Kier alpha value is -0.930. The average Bonchev–Trinajstić information content (AvgIpc) is 2.16. The van der Waals surface area contributed by atoms with Crippen molar-refractivity contribution in [2.45, 2.75) is 37.4 Å². The monoisotopic (exact) mass is 388 g/mol. The van der Waals surface area contributed by atoms with Crippen molar-refractivity contribution < 1.29 is 30.0 Å². The van der Waals surface area contributed by atoms with E-state index in [0.717, 1.165) is 6.42 Å². The summed E-state index contributed by atoms with van der Waals surface area (Å²) in [6.45, 7) is 11.1. The van der Waals surface area contributed by atoms with Crippen LogP contribution in [0.25, 0.3) is 0 Å². The molecule has 0 amide bonds. The molecule has 0 saturated heterocycles. The molecule has 0 aromatic heterocycles. The summed E-state index contributed by atoms with van der Waals surface area (Å²) >= 11 is 1.59. The second-order valence-corrected chi connectivity index (χ2v) is 5.37. The Kier molecular flexibility index (Phi) is 14.8. The Morgan fingerprint density at radius 2 is 1.26 bits per heavy atom. The van der Waals surface area contributed by atoms with Crippen LogP contribution in [-0.2, 0) is 9.59 Å². The van der Waals surface area contributed by atoms with Gasteiger partial charge in [0.05, 0.1) is 0 Å². The molecule has 0 aliphatic rings. The molecule has 0 fully saturated rings. The third-order valence-corrected chi connectivity index (χ3v) is 1.84. The van der Waals surface area contributed by atoms with Crippen LogP contribution >= 0.6 is 22.6 Å². The largest absolute Gasteiger partial charge is 0.478 e. The summed E-state index contributed by atoms with van der Waals surface area (Å²) in [5, 5.41) is 32.9. The Morgan fingerprint density at radius 1 is 1.05 bits per heavy atom. The minimum Gasteiger partial charge on any atom is -0.478 e. The van der Waals surface area contributed by atoms with Crippen molar-refractivity contribution in [1.29, 1.82) is 0 Å². The van der Waals surface area contributed by atoms with Gasteiger partial charge in [-0.1, -0.05) is 26.5 Å². The van der Waals surface area contributed by atoms with Crippen LogP contribution in [0.15, 0.2) is 24.3 Å². The smallest absolute Gasteiger partial charge is 0.330 e. The highest BCUT2D eigenvalue weighted by Gasteiger charge is 2.14. The summed E-state index contributed by atoms with van der Waals surface area (Å²) in [6, 6.07) is 0. The number of carboxylic acids is 2. The van der Waals surface area contributed by atoms with E-state index < -0.39 is 15.7 Å². The van der Waals surface area contributed by atoms with E-state index in [1.165, 1.54) is 13.8 Å². The van der Waals surface area contributed by atoms with Gasteiger partial charge in [-0.25, -0.2) is 9.59 Å². The van der Waals surface area contributed by atoms with Gasteiger partial charge in [-0.3, -0.25) is 0 Å². The minimum atomic E-state index is -1.48. The van der Waals surface area contributed by atoms with Crippen LogP contribution in [0, 0.1) is 0 Å².